The molecule has 0 aliphatic carbocycles. The van der Waals surface area contributed by atoms with Crippen molar-refractivity contribution in [3.63, 3.8) is 0 Å². The summed E-state index contributed by atoms with van der Waals surface area (Å²) >= 11 is 0. The smallest absolute Gasteiger partial charge is 0.195 e. The molecule has 2 nitrogen and oxygen atoms in total. The standard InChI is InChI=1S/C13H7F3N2/c14-8-6-9-10(12(16)11(8)15)13(18-17-9)7-4-2-1-3-5-7/h1-6H,(H,17,18). The van der Waals surface area contributed by atoms with Gasteiger partial charge in [0.2, 0.25) is 0 Å². The van der Waals surface area contributed by atoms with Crippen LogP contribution in [0.15, 0.2) is 36.4 Å². The minimum atomic E-state index is -1.49. The van der Waals surface area contributed by atoms with E-state index in [1.807, 2.05) is 0 Å². The Labute approximate surface area is 100 Å². The monoisotopic (exact) mass is 248 g/mol. The fourth-order valence-electron chi connectivity index (χ4n) is 1.89. The molecule has 1 heterocycles. The van der Waals surface area contributed by atoms with E-state index in [1.165, 1.54) is 0 Å². The molecule has 0 radical (unpaired) electrons. The van der Waals surface area contributed by atoms with Gasteiger partial charge in [-0.3, -0.25) is 5.10 Å². The lowest BCUT2D eigenvalue weighted by molar-refractivity contribution is 0.453. The Morgan fingerprint density at radius 3 is 2.39 bits per heavy atom. The molecule has 90 valence electrons. The molecule has 0 bridgehead atoms. The molecule has 18 heavy (non-hydrogen) atoms. The second kappa shape index (κ2) is 3.87. The molecule has 0 unspecified atom stereocenters. The fraction of sp³-hybridized carbons (Fsp3) is 0. The van der Waals surface area contributed by atoms with Crippen LogP contribution in [-0.4, -0.2) is 10.2 Å². The molecule has 0 aliphatic heterocycles. The van der Waals surface area contributed by atoms with Crippen LogP contribution in [0.5, 0.6) is 0 Å². The molecule has 1 aromatic heterocycles. The Morgan fingerprint density at radius 2 is 1.67 bits per heavy atom. The maximum absolute atomic E-state index is 13.8. The van der Waals surface area contributed by atoms with E-state index in [2.05, 4.69) is 10.2 Å². The van der Waals surface area contributed by atoms with Crippen LogP contribution in [0, 0.1) is 17.5 Å². The minimum Gasteiger partial charge on any atom is -0.277 e. The van der Waals surface area contributed by atoms with E-state index in [1.54, 1.807) is 30.3 Å². The van der Waals surface area contributed by atoms with Gasteiger partial charge in [-0.05, 0) is 0 Å². The normalized spacial score (nSPS) is 11.1. The second-order valence-corrected chi connectivity index (χ2v) is 3.85. The van der Waals surface area contributed by atoms with Gasteiger partial charge in [-0.2, -0.15) is 5.10 Å². The topological polar surface area (TPSA) is 28.7 Å². The van der Waals surface area contributed by atoms with Crippen LogP contribution in [-0.2, 0) is 0 Å². The van der Waals surface area contributed by atoms with Gasteiger partial charge in [-0.25, -0.2) is 13.2 Å². The predicted molar refractivity (Wildman–Crippen MR) is 61.4 cm³/mol. The summed E-state index contributed by atoms with van der Waals surface area (Å²) < 4.78 is 40.1. The minimum absolute atomic E-state index is 0.0416. The highest BCUT2D eigenvalue weighted by Gasteiger charge is 2.19. The van der Waals surface area contributed by atoms with Gasteiger partial charge in [0.15, 0.2) is 17.5 Å². The quantitative estimate of drug-likeness (QED) is 0.654. The third kappa shape index (κ3) is 1.48. The summed E-state index contributed by atoms with van der Waals surface area (Å²) in [5.41, 5.74) is 1.03. The van der Waals surface area contributed by atoms with Crippen LogP contribution in [0.2, 0.25) is 0 Å². The summed E-state index contributed by atoms with van der Waals surface area (Å²) in [4.78, 5) is 0. The summed E-state index contributed by atoms with van der Waals surface area (Å²) in [6.07, 6.45) is 0. The van der Waals surface area contributed by atoms with Crippen LogP contribution in [0.4, 0.5) is 13.2 Å². The molecular formula is C13H7F3N2. The van der Waals surface area contributed by atoms with Gasteiger partial charge in [-0.15, -0.1) is 0 Å². The Bertz CT molecular complexity index is 720. The third-order valence-electron chi connectivity index (χ3n) is 2.73. The maximum Gasteiger partial charge on any atom is 0.195 e. The highest BCUT2D eigenvalue weighted by atomic mass is 19.2. The number of benzene rings is 2. The molecule has 2 aromatic carbocycles. The predicted octanol–water partition coefficient (Wildman–Crippen LogP) is 3.65. The first-order valence-electron chi connectivity index (χ1n) is 5.25. The zero-order chi connectivity index (χ0) is 12.7. The van der Waals surface area contributed by atoms with Crippen molar-refractivity contribution in [1.29, 1.82) is 0 Å². The number of H-pyrrole nitrogens is 1. The van der Waals surface area contributed by atoms with Gasteiger partial charge in [0, 0.05) is 11.6 Å². The van der Waals surface area contributed by atoms with Gasteiger partial charge < -0.3 is 0 Å². The summed E-state index contributed by atoms with van der Waals surface area (Å²) in [5, 5.41) is 6.37. The molecule has 3 aromatic rings. The molecule has 0 saturated heterocycles. The SMILES string of the molecule is Fc1cc2[nH]nc(-c3ccccc3)c2c(F)c1F. The molecule has 0 aliphatic rings. The molecule has 0 saturated carbocycles. The van der Waals surface area contributed by atoms with Crippen LogP contribution in [0.1, 0.15) is 0 Å². The van der Waals surface area contributed by atoms with Crippen molar-refractivity contribution >= 4 is 10.9 Å². The maximum atomic E-state index is 13.8. The first-order chi connectivity index (χ1) is 8.68. The second-order valence-electron chi connectivity index (χ2n) is 3.85. The molecule has 0 fully saturated rings. The van der Waals surface area contributed by atoms with Crippen molar-refractivity contribution in [2.75, 3.05) is 0 Å². The van der Waals surface area contributed by atoms with E-state index in [4.69, 9.17) is 0 Å². The van der Waals surface area contributed by atoms with Gasteiger partial charge in [0.25, 0.3) is 0 Å². The highest BCUT2D eigenvalue weighted by molar-refractivity contribution is 5.93. The summed E-state index contributed by atoms with van der Waals surface area (Å²) in [6.45, 7) is 0. The lowest BCUT2D eigenvalue weighted by atomic mass is 10.1. The number of aromatic nitrogens is 2. The van der Waals surface area contributed by atoms with E-state index in [0.717, 1.165) is 6.07 Å². The van der Waals surface area contributed by atoms with Crippen LogP contribution >= 0.6 is 0 Å². The van der Waals surface area contributed by atoms with E-state index >= 15 is 0 Å². The lowest BCUT2D eigenvalue weighted by Crippen LogP contribution is -1.91. The number of rotatable bonds is 1. The number of nitrogens with one attached hydrogen (secondary N) is 1. The average Bonchev–Trinajstić information content (AvgIpc) is 2.81. The van der Waals surface area contributed by atoms with Crippen molar-refractivity contribution < 1.29 is 13.2 Å². The van der Waals surface area contributed by atoms with Crippen molar-refractivity contribution in [3.05, 3.63) is 53.8 Å². The van der Waals surface area contributed by atoms with E-state index in [9.17, 15) is 13.2 Å². The Kier molecular flexibility index (Phi) is 2.33. The van der Waals surface area contributed by atoms with E-state index in [-0.39, 0.29) is 16.6 Å². The van der Waals surface area contributed by atoms with Gasteiger partial charge in [-0.1, -0.05) is 30.3 Å². The number of hydrogen-bond acceptors (Lipinski definition) is 1. The lowest BCUT2D eigenvalue weighted by Gasteiger charge is -2.00. The fourth-order valence-corrected chi connectivity index (χ4v) is 1.89. The number of fused-ring (bicyclic) bond motifs is 1. The van der Waals surface area contributed by atoms with Crippen LogP contribution < -0.4 is 0 Å². The zero-order valence-corrected chi connectivity index (χ0v) is 9.05. The third-order valence-corrected chi connectivity index (χ3v) is 2.73. The highest BCUT2D eigenvalue weighted by Crippen LogP contribution is 2.30. The Balaban J connectivity index is 2.36. The molecule has 0 atom stereocenters. The summed E-state index contributed by atoms with van der Waals surface area (Å²) in [7, 11) is 0. The summed E-state index contributed by atoms with van der Waals surface area (Å²) in [6, 6.07) is 9.65. The number of hydrogen-bond donors (Lipinski definition) is 1. The summed E-state index contributed by atoms with van der Waals surface area (Å²) in [5.74, 6) is -3.94. The molecular weight excluding hydrogens is 241 g/mol. The average molecular weight is 248 g/mol. The van der Waals surface area contributed by atoms with Crippen molar-refractivity contribution in [1.82, 2.24) is 10.2 Å². The molecule has 1 N–H and O–H groups in total. The van der Waals surface area contributed by atoms with Gasteiger partial charge in [0.05, 0.1) is 10.9 Å². The van der Waals surface area contributed by atoms with Gasteiger partial charge in [0.1, 0.15) is 5.69 Å². The number of nitrogens with zero attached hydrogens (tertiary/aromatic N) is 1. The first-order valence-corrected chi connectivity index (χ1v) is 5.25. The van der Waals surface area contributed by atoms with Crippen LogP contribution in [0.25, 0.3) is 22.2 Å². The Morgan fingerprint density at radius 1 is 0.944 bits per heavy atom. The molecule has 5 heteroatoms. The van der Waals surface area contributed by atoms with Crippen molar-refractivity contribution in [2.24, 2.45) is 0 Å². The molecule has 0 amide bonds. The number of halogens is 3. The Hall–Kier alpha value is -2.30. The van der Waals surface area contributed by atoms with Gasteiger partial charge >= 0.3 is 0 Å². The van der Waals surface area contributed by atoms with Crippen molar-refractivity contribution in [2.45, 2.75) is 0 Å². The van der Waals surface area contributed by atoms with E-state index in [0.29, 0.717) is 5.56 Å². The number of aromatic amines is 1. The van der Waals surface area contributed by atoms with Crippen LogP contribution in [0.3, 0.4) is 0 Å². The van der Waals surface area contributed by atoms with E-state index < -0.39 is 17.5 Å². The zero-order valence-electron chi connectivity index (χ0n) is 9.05. The molecule has 0 spiro atoms. The first kappa shape index (κ1) is 10.8. The molecule has 3 rings (SSSR count). The van der Waals surface area contributed by atoms with Crippen molar-refractivity contribution in [3.8, 4) is 11.3 Å². The largest absolute Gasteiger partial charge is 0.277 e.